The van der Waals surface area contributed by atoms with Crippen LogP contribution < -0.4 is 10.1 Å². The summed E-state index contributed by atoms with van der Waals surface area (Å²) in [5.74, 6) is 0.225. The predicted molar refractivity (Wildman–Crippen MR) is 81.6 cm³/mol. The smallest absolute Gasteiger partial charge is 0.258 e. The SMILES string of the molecule is O=C1NC(c2ccc(O)cc2)=NC2Oc3ccc(F)cc3C=C12. The summed E-state index contributed by atoms with van der Waals surface area (Å²) in [6.45, 7) is 0. The molecule has 0 saturated carbocycles. The van der Waals surface area contributed by atoms with E-state index in [1.807, 2.05) is 0 Å². The number of ether oxygens (including phenoxy) is 1. The molecule has 0 spiro atoms. The van der Waals surface area contributed by atoms with E-state index in [2.05, 4.69) is 10.3 Å². The highest BCUT2D eigenvalue weighted by atomic mass is 19.1. The van der Waals surface area contributed by atoms with E-state index in [9.17, 15) is 14.3 Å². The van der Waals surface area contributed by atoms with Crippen molar-refractivity contribution in [3.05, 3.63) is 65.0 Å². The Morgan fingerprint density at radius 3 is 2.74 bits per heavy atom. The van der Waals surface area contributed by atoms with Crippen LogP contribution in [0, 0.1) is 5.82 Å². The minimum Gasteiger partial charge on any atom is -0.508 e. The molecule has 1 amide bonds. The van der Waals surface area contributed by atoms with Crippen LogP contribution in [0.4, 0.5) is 4.39 Å². The molecule has 0 bridgehead atoms. The Hall–Kier alpha value is -3.15. The molecule has 5 nitrogen and oxygen atoms in total. The number of nitrogens with zero attached hydrogens (tertiary/aromatic N) is 1. The number of nitrogens with one attached hydrogen (secondary N) is 1. The molecule has 1 unspecified atom stereocenters. The molecule has 6 heteroatoms. The first-order valence-corrected chi connectivity index (χ1v) is 6.96. The fourth-order valence-corrected chi connectivity index (χ4v) is 2.53. The van der Waals surface area contributed by atoms with Gasteiger partial charge in [-0.25, -0.2) is 9.38 Å². The lowest BCUT2D eigenvalue weighted by Gasteiger charge is -2.28. The minimum atomic E-state index is -0.773. The molecule has 1 atom stereocenters. The first-order valence-electron chi connectivity index (χ1n) is 6.96. The molecular weight excluding hydrogens is 299 g/mol. The fourth-order valence-electron chi connectivity index (χ4n) is 2.53. The van der Waals surface area contributed by atoms with E-state index >= 15 is 0 Å². The number of amidine groups is 1. The quantitative estimate of drug-likeness (QED) is 0.848. The van der Waals surface area contributed by atoms with Crippen LogP contribution in [0.1, 0.15) is 11.1 Å². The molecule has 2 aliphatic heterocycles. The minimum absolute atomic E-state index is 0.127. The lowest BCUT2D eigenvalue weighted by atomic mass is 10.0. The second-order valence-corrected chi connectivity index (χ2v) is 5.23. The van der Waals surface area contributed by atoms with E-state index in [1.165, 1.54) is 30.3 Å². The summed E-state index contributed by atoms with van der Waals surface area (Å²) >= 11 is 0. The normalized spacial score (nSPS) is 18.8. The zero-order valence-corrected chi connectivity index (χ0v) is 11.8. The number of benzene rings is 2. The second kappa shape index (κ2) is 4.95. The van der Waals surface area contributed by atoms with E-state index in [4.69, 9.17) is 4.74 Å². The largest absolute Gasteiger partial charge is 0.508 e. The Morgan fingerprint density at radius 2 is 1.96 bits per heavy atom. The summed E-state index contributed by atoms with van der Waals surface area (Å²) in [5.41, 5.74) is 1.49. The summed E-state index contributed by atoms with van der Waals surface area (Å²) in [7, 11) is 0. The highest BCUT2D eigenvalue weighted by molar-refractivity contribution is 6.16. The molecule has 2 N–H and O–H groups in total. The number of hydrogen-bond donors (Lipinski definition) is 2. The first kappa shape index (κ1) is 13.5. The number of aliphatic imine (C=N–C) groups is 1. The van der Waals surface area contributed by atoms with Crippen molar-refractivity contribution in [1.29, 1.82) is 0 Å². The van der Waals surface area contributed by atoms with E-state index in [-0.39, 0.29) is 11.7 Å². The molecule has 2 heterocycles. The molecule has 0 saturated heterocycles. The average molecular weight is 310 g/mol. The van der Waals surface area contributed by atoms with Gasteiger partial charge in [0, 0.05) is 11.1 Å². The summed E-state index contributed by atoms with van der Waals surface area (Å²) in [6, 6.07) is 10.4. The van der Waals surface area contributed by atoms with Gasteiger partial charge in [0.05, 0.1) is 5.57 Å². The van der Waals surface area contributed by atoms with Crippen LogP contribution in [0.2, 0.25) is 0 Å². The van der Waals surface area contributed by atoms with Gasteiger partial charge in [0.1, 0.15) is 23.2 Å². The van der Waals surface area contributed by atoms with Gasteiger partial charge in [0.2, 0.25) is 6.23 Å². The lowest BCUT2D eigenvalue weighted by Crippen LogP contribution is -2.43. The van der Waals surface area contributed by atoms with Crippen LogP contribution in [-0.4, -0.2) is 23.1 Å². The molecule has 2 aliphatic rings. The molecule has 0 radical (unpaired) electrons. The topological polar surface area (TPSA) is 70.9 Å². The van der Waals surface area contributed by atoms with Crippen molar-refractivity contribution < 1.29 is 19.0 Å². The Morgan fingerprint density at radius 1 is 1.17 bits per heavy atom. The van der Waals surface area contributed by atoms with Gasteiger partial charge in [0.15, 0.2) is 0 Å². The molecular formula is C17H11FN2O3. The Kier molecular flexibility index (Phi) is 2.90. The lowest BCUT2D eigenvalue weighted by molar-refractivity contribution is -0.117. The van der Waals surface area contributed by atoms with Crippen molar-refractivity contribution in [2.75, 3.05) is 0 Å². The monoisotopic (exact) mass is 310 g/mol. The van der Waals surface area contributed by atoms with Crippen LogP contribution in [0.15, 0.2) is 53.0 Å². The van der Waals surface area contributed by atoms with E-state index in [0.717, 1.165) is 0 Å². The highest BCUT2D eigenvalue weighted by Crippen LogP contribution is 2.32. The third kappa shape index (κ3) is 2.34. The van der Waals surface area contributed by atoms with E-state index < -0.39 is 12.0 Å². The van der Waals surface area contributed by atoms with Gasteiger partial charge in [-0.15, -0.1) is 0 Å². The highest BCUT2D eigenvalue weighted by Gasteiger charge is 2.32. The zero-order valence-electron chi connectivity index (χ0n) is 11.8. The summed E-state index contributed by atoms with van der Waals surface area (Å²) in [5, 5.41) is 12.0. The van der Waals surface area contributed by atoms with Crippen molar-refractivity contribution in [1.82, 2.24) is 5.32 Å². The molecule has 4 rings (SSSR count). The molecule has 0 aromatic heterocycles. The van der Waals surface area contributed by atoms with Crippen molar-refractivity contribution in [3.8, 4) is 11.5 Å². The van der Waals surface area contributed by atoms with Crippen molar-refractivity contribution in [3.63, 3.8) is 0 Å². The molecule has 2 aromatic carbocycles. The van der Waals surface area contributed by atoms with Crippen LogP contribution in [0.3, 0.4) is 0 Å². The average Bonchev–Trinajstić information content (AvgIpc) is 2.54. The predicted octanol–water partition coefficient (Wildman–Crippen LogP) is 2.21. The van der Waals surface area contributed by atoms with Crippen LogP contribution in [0.5, 0.6) is 11.5 Å². The van der Waals surface area contributed by atoms with Gasteiger partial charge in [-0.3, -0.25) is 4.79 Å². The number of aromatic hydroxyl groups is 1. The number of rotatable bonds is 1. The third-order valence-electron chi connectivity index (χ3n) is 3.67. The van der Waals surface area contributed by atoms with Crippen LogP contribution in [0.25, 0.3) is 6.08 Å². The fraction of sp³-hybridized carbons (Fsp3) is 0.0588. The molecule has 2 aromatic rings. The first-order chi connectivity index (χ1) is 11.1. The molecule has 114 valence electrons. The van der Waals surface area contributed by atoms with Gasteiger partial charge in [-0.05, 0) is 48.5 Å². The number of hydrogen-bond acceptors (Lipinski definition) is 4. The molecule has 0 aliphatic carbocycles. The number of carbonyl (C=O) groups is 1. The Bertz CT molecular complexity index is 872. The summed E-state index contributed by atoms with van der Waals surface area (Å²) < 4.78 is 19.0. The maximum atomic E-state index is 13.3. The number of fused-ring (bicyclic) bond motifs is 2. The third-order valence-corrected chi connectivity index (χ3v) is 3.67. The van der Waals surface area contributed by atoms with Crippen LogP contribution in [-0.2, 0) is 4.79 Å². The number of halogens is 1. The van der Waals surface area contributed by atoms with Crippen LogP contribution >= 0.6 is 0 Å². The van der Waals surface area contributed by atoms with E-state index in [0.29, 0.717) is 28.3 Å². The number of phenolic OH excluding ortho intramolecular Hbond substituents is 1. The Balaban J connectivity index is 1.75. The summed E-state index contributed by atoms with van der Waals surface area (Å²) in [6.07, 6.45) is 0.810. The maximum Gasteiger partial charge on any atom is 0.258 e. The van der Waals surface area contributed by atoms with Gasteiger partial charge < -0.3 is 15.2 Å². The van der Waals surface area contributed by atoms with E-state index in [1.54, 1.807) is 18.2 Å². The van der Waals surface area contributed by atoms with Gasteiger partial charge in [-0.2, -0.15) is 0 Å². The number of phenols is 1. The summed E-state index contributed by atoms with van der Waals surface area (Å²) in [4.78, 5) is 16.7. The number of carbonyl (C=O) groups excluding carboxylic acids is 1. The second-order valence-electron chi connectivity index (χ2n) is 5.23. The Labute approximate surface area is 130 Å². The molecule has 23 heavy (non-hydrogen) atoms. The van der Waals surface area contributed by atoms with Crippen molar-refractivity contribution in [2.24, 2.45) is 4.99 Å². The van der Waals surface area contributed by atoms with Gasteiger partial charge >= 0.3 is 0 Å². The van der Waals surface area contributed by atoms with Gasteiger partial charge in [-0.1, -0.05) is 0 Å². The standard InChI is InChI=1S/C17H11FN2O3/c18-11-3-6-14-10(7-11)8-13-16(22)19-15(20-17(13)23-14)9-1-4-12(21)5-2-9/h1-8,17,21H,(H,19,20,22). The van der Waals surface area contributed by atoms with Crippen molar-refractivity contribution in [2.45, 2.75) is 6.23 Å². The molecule has 0 fully saturated rings. The zero-order chi connectivity index (χ0) is 16.0. The van der Waals surface area contributed by atoms with Crippen molar-refractivity contribution >= 4 is 17.8 Å². The van der Waals surface area contributed by atoms with Gasteiger partial charge in [0.25, 0.3) is 5.91 Å². The maximum absolute atomic E-state index is 13.3. The number of amides is 1.